The summed E-state index contributed by atoms with van der Waals surface area (Å²) in [6.45, 7) is 3.27. The van der Waals surface area contributed by atoms with Crippen LogP contribution in [-0.2, 0) is 19.4 Å². The number of carbonyl (C=O) groups is 3. The van der Waals surface area contributed by atoms with E-state index < -0.39 is 15.7 Å². The number of thioether (sulfide) groups is 1. The Kier molecular flexibility index (Phi) is 6.62. The molecule has 0 spiro atoms. The maximum absolute atomic E-state index is 12.7. The lowest BCUT2D eigenvalue weighted by Crippen LogP contribution is -2.20. The van der Waals surface area contributed by atoms with Crippen molar-refractivity contribution in [3.63, 3.8) is 0 Å². The SMILES string of the molecule is CC(=O)c1ccc(NC(=O)CCS(=O)(=O)c2ccc3c(c2)NC(=O)[C@@H](C)CS3)cc1. The van der Waals surface area contributed by atoms with Gasteiger partial charge in [-0.15, -0.1) is 11.8 Å². The summed E-state index contributed by atoms with van der Waals surface area (Å²) in [5, 5.41) is 5.39. The average molecular weight is 447 g/mol. The predicted molar refractivity (Wildman–Crippen MR) is 117 cm³/mol. The quantitative estimate of drug-likeness (QED) is 0.659. The van der Waals surface area contributed by atoms with E-state index in [-0.39, 0.29) is 34.7 Å². The van der Waals surface area contributed by atoms with Gasteiger partial charge in [0.1, 0.15) is 0 Å². The summed E-state index contributed by atoms with van der Waals surface area (Å²) in [5.74, 6) is -0.578. The zero-order valence-electron chi connectivity index (χ0n) is 16.6. The fourth-order valence-electron chi connectivity index (χ4n) is 2.83. The number of benzene rings is 2. The summed E-state index contributed by atoms with van der Waals surface area (Å²) in [5.41, 5.74) is 1.49. The van der Waals surface area contributed by atoms with Crippen LogP contribution in [0.1, 0.15) is 30.6 Å². The van der Waals surface area contributed by atoms with Crippen molar-refractivity contribution in [2.24, 2.45) is 5.92 Å². The maximum Gasteiger partial charge on any atom is 0.228 e. The van der Waals surface area contributed by atoms with Crippen molar-refractivity contribution >= 4 is 50.6 Å². The molecule has 0 bridgehead atoms. The number of amides is 2. The first kappa shape index (κ1) is 22.0. The van der Waals surface area contributed by atoms with E-state index in [1.165, 1.54) is 30.8 Å². The number of sulfone groups is 1. The highest BCUT2D eigenvalue weighted by Crippen LogP contribution is 2.34. The van der Waals surface area contributed by atoms with Crippen LogP contribution in [0, 0.1) is 5.92 Å². The lowest BCUT2D eigenvalue weighted by molar-refractivity contribution is -0.118. The minimum atomic E-state index is -3.71. The van der Waals surface area contributed by atoms with E-state index in [0.29, 0.717) is 22.7 Å². The number of nitrogens with one attached hydrogen (secondary N) is 2. The van der Waals surface area contributed by atoms with Crippen molar-refractivity contribution in [2.45, 2.75) is 30.1 Å². The number of carbonyl (C=O) groups excluding carboxylic acids is 3. The molecule has 1 atom stereocenters. The van der Waals surface area contributed by atoms with Crippen LogP contribution < -0.4 is 10.6 Å². The molecular weight excluding hydrogens is 424 g/mol. The van der Waals surface area contributed by atoms with E-state index in [2.05, 4.69) is 10.6 Å². The van der Waals surface area contributed by atoms with Gasteiger partial charge in [0.2, 0.25) is 11.8 Å². The van der Waals surface area contributed by atoms with Gasteiger partial charge in [-0.2, -0.15) is 0 Å². The minimum Gasteiger partial charge on any atom is -0.326 e. The molecule has 0 fully saturated rings. The van der Waals surface area contributed by atoms with Gasteiger partial charge in [0.25, 0.3) is 0 Å². The van der Waals surface area contributed by atoms with Crippen molar-refractivity contribution in [1.29, 1.82) is 0 Å². The molecule has 2 N–H and O–H groups in total. The van der Waals surface area contributed by atoms with Gasteiger partial charge in [-0.25, -0.2) is 8.42 Å². The van der Waals surface area contributed by atoms with Crippen LogP contribution in [0.4, 0.5) is 11.4 Å². The molecular formula is C21H22N2O5S2. The zero-order valence-corrected chi connectivity index (χ0v) is 18.2. The number of fused-ring (bicyclic) bond motifs is 1. The Morgan fingerprint density at radius 2 is 1.87 bits per heavy atom. The van der Waals surface area contributed by atoms with E-state index >= 15 is 0 Å². The molecule has 0 aromatic heterocycles. The highest BCUT2D eigenvalue weighted by Gasteiger charge is 2.23. The van der Waals surface area contributed by atoms with Gasteiger partial charge >= 0.3 is 0 Å². The summed E-state index contributed by atoms with van der Waals surface area (Å²) >= 11 is 1.50. The van der Waals surface area contributed by atoms with E-state index in [0.717, 1.165) is 4.90 Å². The largest absolute Gasteiger partial charge is 0.326 e. The molecule has 0 aliphatic carbocycles. The Labute approximate surface area is 179 Å². The molecule has 9 heteroatoms. The summed E-state index contributed by atoms with van der Waals surface area (Å²) in [4.78, 5) is 36.4. The summed E-state index contributed by atoms with van der Waals surface area (Å²) in [7, 11) is -3.71. The summed E-state index contributed by atoms with van der Waals surface area (Å²) in [6, 6.07) is 11.0. The first-order valence-corrected chi connectivity index (χ1v) is 12.0. The van der Waals surface area contributed by atoms with Crippen molar-refractivity contribution in [3.05, 3.63) is 48.0 Å². The first-order chi connectivity index (χ1) is 14.2. The van der Waals surface area contributed by atoms with Crippen LogP contribution in [0.25, 0.3) is 0 Å². The molecule has 1 heterocycles. The van der Waals surface area contributed by atoms with Crippen molar-refractivity contribution < 1.29 is 22.8 Å². The van der Waals surface area contributed by atoms with Gasteiger partial charge in [-0.1, -0.05) is 6.92 Å². The van der Waals surface area contributed by atoms with Crippen molar-refractivity contribution in [2.75, 3.05) is 22.1 Å². The zero-order chi connectivity index (χ0) is 21.9. The van der Waals surface area contributed by atoms with Crippen LogP contribution >= 0.6 is 11.8 Å². The number of Topliss-reactive ketones (excluding diaryl/α,β-unsaturated/α-hetero) is 1. The monoisotopic (exact) mass is 446 g/mol. The standard InChI is InChI=1S/C21H22N2O5S2/c1-13-12-29-19-8-7-17(11-18(19)23-21(13)26)30(27,28)10-9-20(25)22-16-5-3-15(4-6-16)14(2)24/h3-8,11,13H,9-10,12H2,1-2H3,(H,22,25)(H,23,26)/t13-/m0/s1. The molecule has 0 saturated carbocycles. The second-order valence-corrected chi connectivity index (χ2v) is 10.3. The second-order valence-electron chi connectivity index (χ2n) is 7.11. The van der Waals surface area contributed by atoms with E-state index in [1.54, 1.807) is 30.3 Å². The maximum atomic E-state index is 12.7. The number of hydrogen-bond donors (Lipinski definition) is 2. The molecule has 1 aliphatic heterocycles. The minimum absolute atomic E-state index is 0.0651. The topological polar surface area (TPSA) is 109 Å². The molecule has 1 aliphatic rings. The van der Waals surface area contributed by atoms with E-state index in [4.69, 9.17) is 0 Å². The lowest BCUT2D eigenvalue weighted by atomic mass is 10.1. The predicted octanol–water partition coefficient (Wildman–Crippen LogP) is 3.37. The number of anilines is 2. The molecule has 3 rings (SSSR count). The molecule has 0 radical (unpaired) electrons. The molecule has 7 nitrogen and oxygen atoms in total. The molecule has 2 aromatic rings. The lowest BCUT2D eigenvalue weighted by Gasteiger charge is -2.10. The van der Waals surface area contributed by atoms with Crippen LogP contribution in [0.2, 0.25) is 0 Å². The average Bonchev–Trinajstić information content (AvgIpc) is 2.85. The smallest absolute Gasteiger partial charge is 0.228 e. The van der Waals surface area contributed by atoms with Crippen LogP contribution in [0.5, 0.6) is 0 Å². The van der Waals surface area contributed by atoms with E-state index in [1.807, 2.05) is 6.92 Å². The van der Waals surface area contributed by atoms with Crippen molar-refractivity contribution in [1.82, 2.24) is 0 Å². The normalized spacial score (nSPS) is 16.2. The molecule has 2 aromatic carbocycles. The van der Waals surface area contributed by atoms with Gasteiger partial charge in [0.05, 0.1) is 16.3 Å². The van der Waals surface area contributed by atoms with Gasteiger partial charge in [0.15, 0.2) is 15.6 Å². The van der Waals surface area contributed by atoms with E-state index in [9.17, 15) is 22.8 Å². The van der Waals surface area contributed by atoms with Gasteiger partial charge in [-0.3, -0.25) is 14.4 Å². The Bertz CT molecular complexity index is 1090. The fraction of sp³-hybridized carbons (Fsp3) is 0.286. The number of hydrogen-bond acceptors (Lipinski definition) is 6. The fourth-order valence-corrected chi connectivity index (χ4v) is 5.10. The van der Waals surface area contributed by atoms with Gasteiger partial charge < -0.3 is 10.6 Å². The highest BCUT2D eigenvalue weighted by atomic mass is 32.2. The first-order valence-electron chi connectivity index (χ1n) is 9.37. The molecule has 30 heavy (non-hydrogen) atoms. The Hall–Kier alpha value is -2.65. The third kappa shape index (κ3) is 5.28. The molecule has 0 saturated heterocycles. The van der Waals surface area contributed by atoms with Crippen molar-refractivity contribution in [3.8, 4) is 0 Å². The molecule has 2 amide bonds. The Balaban J connectivity index is 1.65. The highest BCUT2D eigenvalue weighted by molar-refractivity contribution is 7.99. The number of rotatable bonds is 6. The summed E-state index contributed by atoms with van der Waals surface area (Å²) < 4.78 is 25.4. The van der Waals surface area contributed by atoms with Crippen LogP contribution in [0.15, 0.2) is 52.3 Å². The van der Waals surface area contributed by atoms with Gasteiger partial charge in [0, 0.05) is 34.2 Å². The molecule has 158 valence electrons. The third-order valence-corrected chi connectivity index (χ3v) is 7.72. The van der Waals surface area contributed by atoms with Crippen LogP contribution in [0.3, 0.4) is 0 Å². The number of ketones is 1. The molecule has 0 unspecified atom stereocenters. The summed E-state index contributed by atoms with van der Waals surface area (Å²) in [6.07, 6.45) is -0.216. The third-order valence-electron chi connectivity index (χ3n) is 4.68. The van der Waals surface area contributed by atoms with Crippen LogP contribution in [-0.4, -0.2) is 37.5 Å². The van der Waals surface area contributed by atoms with Gasteiger partial charge in [-0.05, 0) is 49.4 Å². The Morgan fingerprint density at radius 1 is 1.17 bits per heavy atom. The Morgan fingerprint density at radius 3 is 2.53 bits per heavy atom. The second kappa shape index (κ2) is 9.01.